The van der Waals surface area contributed by atoms with Gasteiger partial charge in [-0.05, 0) is 6.92 Å². The molecule has 0 amide bonds. The molecule has 4 rings (SSSR count). The van der Waals surface area contributed by atoms with Crippen molar-refractivity contribution >= 4 is 13.8 Å². The fraction of sp³-hybridized carbons (Fsp3) is 0.318. The number of aromatic amines is 3. The molecule has 4 heterocycles. The molecule has 3 N–H and O–H groups in total. The molecule has 0 bridgehead atoms. The van der Waals surface area contributed by atoms with E-state index in [-0.39, 0.29) is 12.0 Å². The van der Waals surface area contributed by atoms with Crippen LogP contribution in [0, 0.1) is 6.92 Å². The largest absolute Gasteiger partial charge is 0.790 e. The third kappa shape index (κ3) is 10.4. The number of carbonyl (C=O) groups is 1. The molecule has 14 heteroatoms. The quantitative estimate of drug-likeness (QED) is 0.320. The molecule has 3 aromatic heterocycles. The number of aryl methyl sites for hydroxylation is 1. The maximum atomic E-state index is 11.9. The molecule has 0 radical (unpaired) electrons. The molecule has 0 spiro atoms. The summed E-state index contributed by atoms with van der Waals surface area (Å²) in [4.78, 5) is 63.5. The van der Waals surface area contributed by atoms with Gasteiger partial charge in [-0.1, -0.05) is 12.1 Å². The number of phosphoric ester groups is 1. The number of hydrogen-bond acceptors (Lipinski definition) is 9. The van der Waals surface area contributed by atoms with E-state index in [1.807, 2.05) is 61.2 Å². The maximum Gasteiger partial charge on any atom is 0.330 e. The zero-order chi connectivity index (χ0) is 26.6. The lowest BCUT2D eigenvalue weighted by Gasteiger charge is -2.30. The van der Waals surface area contributed by atoms with Crippen molar-refractivity contribution in [3.8, 4) is 0 Å². The van der Waals surface area contributed by atoms with E-state index >= 15 is 0 Å². The topological polar surface area (TPSA) is 191 Å². The van der Waals surface area contributed by atoms with E-state index in [1.54, 1.807) is 0 Å². The molecular weight excluding hydrogens is 495 g/mol. The highest BCUT2D eigenvalue weighted by atomic mass is 31.2. The number of hydrogen-bond donors (Lipinski definition) is 1. The minimum atomic E-state index is -5.23. The summed E-state index contributed by atoms with van der Waals surface area (Å²) in [5, 5.41) is 0. The number of carbonyl (C=O) groups excluding carboxylic acids is 1. The van der Waals surface area contributed by atoms with Crippen molar-refractivity contribution in [1.29, 1.82) is 0 Å². The van der Waals surface area contributed by atoms with Crippen molar-refractivity contribution in [2.45, 2.75) is 38.7 Å². The second kappa shape index (κ2) is 14.2. The Bertz CT molecular complexity index is 1150. The van der Waals surface area contributed by atoms with E-state index < -0.39 is 50.1 Å². The summed E-state index contributed by atoms with van der Waals surface area (Å²) >= 11 is 0. The van der Waals surface area contributed by atoms with E-state index in [4.69, 9.17) is 9.47 Å². The van der Waals surface area contributed by atoms with Crippen LogP contribution < -0.4 is 31.0 Å². The van der Waals surface area contributed by atoms with E-state index in [1.165, 1.54) is 13.1 Å². The van der Waals surface area contributed by atoms with E-state index in [9.17, 15) is 28.7 Å². The van der Waals surface area contributed by atoms with E-state index in [0.717, 1.165) is 11.5 Å². The molecule has 3 atom stereocenters. The minimum absolute atomic E-state index is 0.0149. The van der Waals surface area contributed by atoms with Crippen LogP contribution in [0.25, 0.3) is 0 Å². The number of ether oxygens (including phenoxy) is 2. The number of esters is 1. The Balaban J connectivity index is 0.000000306. The summed E-state index contributed by atoms with van der Waals surface area (Å²) in [5.74, 6) is -0.647. The van der Waals surface area contributed by atoms with Gasteiger partial charge in [0.15, 0.2) is 24.8 Å². The summed E-state index contributed by atoms with van der Waals surface area (Å²) in [7, 11) is -5.23. The van der Waals surface area contributed by atoms with Gasteiger partial charge in [0.1, 0.15) is 18.4 Å². The highest BCUT2D eigenvalue weighted by molar-refractivity contribution is 7.43. The smallest absolute Gasteiger partial charge is 0.330 e. The van der Waals surface area contributed by atoms with Crippen molar-refractivity contribution < 1.29 is 43.1 Å². The zero-order valence-corrected chi connectivity index (χ0v) is 20.5. The van der Waals surface area contributed by atoms with Gasteiger partial charge in [-0.25, -0.2) is 14.8 Å². The number of nitrogens with zero attached hydrogens (tertiary/aromatic N) is 1. The molecule has 13 nitrogen and oxygen atoms in total. The third-order valence-corrected chi connectivity index (χ3v) is 5.03. The average Bonchev–Trinajstić information content (AvgIpc) is 3.24. The van der Waals surface area contributed by atoms with Gasteiger partial charge in [0.25, 0.3) is 5.56 Å². The third-order valence-electron chi connectivity index (χ3n) is 4.57. The molecule has 0 unspecified atom stereocenters. The molecule has 0 saturated carbocycles. The highest BCUT2D eigenvalue weighted by Crippen LogP contribution is 2.33. The van der Waals surface area contributed by atoms with Gasteiger partial charge < -0.3 is 28.3 Å². The highest BCUT2D eigenvalue weighted by Gasteiger charge is 2.39. The molecule has 0 aliphatic carbocycles. The summed E-state index contributed by atoms with van der Waals surface area (Å²) in [6.07, 6.45) is 5.88. The predicted molar refractivity (Wildman–Crippen MR) is 120 cm³/mol. The van der Waals surface area contributed by atoms with E-state index in [2.05, 4.69) is 19.5 Å². The maximum absolute atomic E-state index is 11.9. The Hall–Kier alpha value is -3.48. The second-order valence-corrected chi connectivity index (χ2v) is 8.54. The Morgan fingerprint density at radius 3 is 2.08 bits per heavy atom. The van der Waals surface area contributed by atoms with Crippen molar-refractivity contribution in [2.24, 2.45) is 0 Å². The molecule has 0 aromatic carbocycles. The van der Waals surface area contributed by atoms with Crippen molar-refractivity contribution in [3.63, 3.8) is 0 Å². The number of rotatable bonds is 5. The molecule has 1 fully saturated rings. The van der Waals surface area contributed by atoms with E-state index in [0.29, 0.717) is 0 Å². The first-order valence-corrected chi connectivity index (χ1v) is 12.2. The molecule has 36 heavy (non-hydrogen) atoms. The number of H-pyrrole nitrogens is 3. The van der Waals surface area contributed by atoms with Crippen LogP contribution in [0.4, 0.5) is 0 Å². The van der Waals surface area contributed by atoms with Crippen LogP contribution in [0.15, 0.2) is 77.0 Å². The van der Waals surface area contributed by atoms with Gasteiger partial charge in [0, 0.05) is 49.4 Å². The first-order chi connectivity index (χ1) is 17.1. The fourth-order valence-electron chi connectivity index (χ4n) is 3.01. The van der Waals surface area contributed by atoms with Crippen LogP contribution >= 0.6 is 7.82 Å². The molecule has 1 aliphatic heterocycles. The number of aromatic nitrogens is 4. The zero-order valence-electron chi connectivity index (χ0n) is 19.6. The van der Waals surface area contributed by atoms with Crippen molar-refractivity contribution in [1.82, 2.24) is 9.55 Å². The van der Waals surface area contributed by atoms with Gasteiger partial charge in [-0.3, -0.25) is 19.1 Å². The monoisotopic (exact) mass is 522 g/mol. The van der Waals surface area contributed by atoms with Crippen LogP contribution in [0.2, 0.25) is 0 Å². The Labute approximate surface area is 206 Å². The van der Waals surface area contributed by atoms with Gasteiger partial charge >= 0.3 is 11.7 Å². The summed E-state index contributed by atoms with van der Waals surface area (Å²) in [6, 6.07) is 11.7. The lowest BCUT2D eigenvalue weighted by atomic mass is 10.2. The Morgan fingerprint density at radius 2 is 1.67 bits per heavy atom. The lowest BCUT2D eigenvalue weighted by molar-refractivity contribution is -0.378. The number of phosphoric acid groups is 1. The SMILES string of the molecule is CC(=O)O[C@H]1C[C@H](n2cc(C)c(=O)[nH]c2=O)O[C@@H]1COP(=O)([O-])[O-].c1cc[nH+]cc1.c1cc[nH+]cc1. The van der Waals surface area contributed by atoms with Gasteiger partial charge in [-0.15, -0.1) is 0 Å². The number of pyridine rings is 2. The average molecular weight is 522 g/mol. The minimum Gasteiger partial charge on any atom is -0.790 e. The Kier molecular flexibility index (Phi) is 11.3. The summed E-state index contributed by atoms with van der Waals surface area (Å²) in [6.45, 7) is 1.97. The fourth-order valence-corrected chi connectivity index (χ4v) is 3.34. The van der Waals surface area contributed by atoms with Gasteiger partial charge in [0.2, 0.25) is 0 Å². The van der Waals surface area contributed by atoms with Crippen molar-refractivity contribution in [2.75, 3.05) is 6.61 Å². The molecule has 3 aromatic rings. The van der Waals surface area contributed by atoms with Gasteiger partial charge in [-0.2, -0.15) is 0 Å². The summed E-state index contributed by atoms with van der Waals surface area (Å²) in [5.41, 5.74) is -1.04. The number of nitrogens with one attached hydrogen (secondary N) is 3. The molecular formula is C22H27N4O9P. The van der Waals surface area contributed by atoms with Crippen LogP contribution in [0.5, 0.6) is 0 Å². The van der Waals surface area contributed by atoms with Gasteiger partial charge in [0.05, 0.1) is 14.4 Å². The normalized spacial score (nSPS) is 18.7. The lowest BCUT2D eigenvalue weighted by Crippen LogP contribution is -2.33. The first-order valence-electron chi connectivity index (χ1n) is 10.7. The van der Waals surface area contributed by atoms with Crippen LogP contribution in [0.1, 0.15) is 25.1 Å². The first kappa shape index (κ1) is 28.8. The van der Waals surface area contributed by atoms with Crippen LogP contribution in [-0.2, 0) is 23.4 Å². The standard InChI is InChI=1S/C12H17N2O9P.2C5H5N/c1-6-4-14(12(17)13-11(6)16)10-3-8(22-7(2)15)9(23-10)5-21-24(18,19)20;2*1-2-4-6-5-3-1/h4,8-10H,3,5H2,1-2H3,(H,13,16,17)(H2,18,19,20);2*1-5H/t8-,9+,10+;;/m0../s1. The predicted octanol–water partition coefficient (Wildman–Crippen LogP) is -1.09. The molecule has 194 valence electrons. The van der Waals surface area contributed by atoms with Crippen LogP contribution in [0.3, 0.4) is 0 Å². The Morgan fingerprint density at radius 1 is 1.11 bits per heavy atom. The second-order valence-electron chi connectivity index (χ2n) is 7.39. The molecule has 1 aliphatic rings. The summed E-state index contributed by atoms with van der Waals surface area (Å²) < 4.78 is 26.3. The van der Waals surface area contributed by atoms with Crippen molar-refractivity contribution in [3.05, 3.63) is 93.8 Å². The van der Waals surface area contributed by atoms with Crippen LogP contribution in [-0.4, -0.2) is 34.3 Å². The molecule has 1 saturated heterocycles.